The summed E-state index contributed by atoms with van der Waals surface area (Å²) < 4.78 is 0. The summed E-state index contributed by atoms with van der Waals surface area (Å²) in [5, 5.41) is 4.24. The van der Waals surface area contributed by atoms with Crippen LogP contribution in [0.25, 0.3) is 0 Å². The van der Waals surface area contributed by atoms with E-state index in [1.807, 2.05) is 18.8 Å². The average molecular weight is 275 g/mol. The fourth-order valence-electron chi connectivity index (χ4n) is 1.91. The lowest BCUT2D eigenvalue weighted by atomic mass is 10.3. The fraction of sp³-hybridized carbons (Fsp3) is 0.917. The van der Waals surface area contributed by atoms with Gasteiger partial charge in [-0.25, -0.2) is 0 Å². The molecule has 1 saturated heterocycles. The molecule has 0 bridgehead atoms. The van der Waals surface area contributed by atoms with Gasteiger partial charge in [-0.1, -0.05) is 6.92 Å². The Labute approximate surface area is 114 Å². The lowest BCUT2D eigenvalue weighted by Crippen LogP contribution is -2.48. The topological polar surface area (TPSA) is 27.6 Å². The molecule has 0 aliphatic carbocycles. The standard InChI is InChI=1S/C12H25N3S2/c1-4-11-10-15(7-9-17-11)12(13-2)14-6-5-8-16-3/h11H,4-10H2,1-3H3,(H,13,14). The molecule has 0 aromatic heterocycles. The predicted molar refractivity (Wildman–Crippen MR) is 82.5 cm³/mol. The van der Waals surface area contributed by atoms with Gasteiger partial charge in [0.2, 0.25) is 0 Å². The van der Waals surface area contributed by atoms with Gasteiger partial charge in [0.25, 0.3) is 0 Å². The number of rotatable bonds is 5. The van der Waals surface area contributed by atoms with E-state index in [-0.39, 0.29) is 0 Å². The first-order chi connectivity index (χ1) is 8.31. The molecule has 5 heteroatoms. The second-order valence-corrected chi connectivity index (χ2v) is 6.56. The summed E-state index contributed by atoms with van der Waals surface area (Å²) in [5.41, 5.74) is 0. The SMILES string of the molecule is CCC1CN(C(=NC)NCCCSC)CCS1. The number of hydrogen-bond donors (Lipinski definition) is 1. The van der Waals surface area contributed by atoms with E-state index in [2.05, 4.69) is 40.2 Å². The van der Waals surface area contributed by atoms with Crippen LogP contribution in [0.3, 0.4) is 0 Å². The van der Waals surface area contributed by atoms with Crippen LogP contribution in [0.1, 0.15) is 19.8 Å². The van der Waals surface area contributed by atoms with E-state index >= 15 is 0 Å². The summed E-state index contributed by atoms with van der Waals surface area (Å²) in [7, 11) is 1.89. The first-order valence-corrected chi connectivity index (χ1v) is 8.82. The van der Waals surface area contributed by atoms with Crippen LogP contribution >= 0.6 is 23.5 Å². The second kappa shape index (κ2) is 8.97. The Morgan fingerprint density at radius 3 is 3.06 bits per heavy atom. The van der Waals surface area contributed by atoms with Crippen LogP contribution in [0, 0.1) is 0 Å². The van der Waals surface area contributed by atoms with Gasteiger partial charge in [-0.15, -0.1) is 0 Å². The number of nitrogens with zero attached hydrogens (tertiary/aromatic N) is 2. The van der Waals surface area contributed by atoms with Crippen LogP contribution in [-0.2, 0) is 0 Å². The van der Waals surface area contributed by atoms with E-state index in [1.54, 1.807) is 0 Å². The third kappa shape index (κ3) is 5.42. The minimum Gasteiger partial charge on any atom is -0.356 e. The van der Waals surface area contributed by atoms with Crippen molar-refractivity contribution in [2.75, 3.05) is 44.4 Å². The van der Waals surface area contributed by atoms with E-state index < -0.39 is 0 Å². The van der Waals surface area contributed by atoms with Crippen LogP contribution < -0.4 is 5.32 Å². The maximum absolute atomic E-state index is 4.39. The molecule has 0 radical (unpaired) electrons. The second-order valence-electron chi connectivity index (χ2n) is 4.17. The summed E-state index contributed by atoms with van der Waals surface area (Å²) in [5.74, 6) is 3.53. The van der Waals surface area contributed by atoms with Crippen molar-refractivity contribution < 1.29 is 0 Å². The molecule has 1 N–H and O–H groups in total. The Bertz CT molecular complexity index is 234. The number of guanidine groups is 1. The molecule has 1 aliphatic rings. The van der Waals surface area contributed by atoms with Crippen molar-refractivity contribution in [3.8, 4) is 0 Å². The van der Waals surface area contributed by atoms with Crippen LogP contribution in [0.5, 0.6) is 0 Å². The average Bonchev–Trinajstić information content (AvgIpc) is 2.39. The van der Waals surface area contributed by atoms with Crippen molar-refractivity contribution >= 4 is 29.5 Å². The van der Waals surface area contributed by atoms with E-state index in [9.17, 15) is 0 Å². The monoisotopic (exact) mass is 275 g/mol. The van der Waals surface area contributed by atoms with E-state index in [0.29, 0.717) is 0 Å². The molecule has 1 aliphatic heterocycles. The van der Waals surface area contributed by atoms with Gasteiger partial charge in [-0.05, 0) is 24.9 Å². The highest BCUT2D eigenvalue weighted by molar-refractivity contribution is 8.00. The molecule has 0 aromatic carbocycles. The van der Waals surface area contributed by atoms with Crippen LogP contribution in [-0.4, -0.2) is 60.6 Å². The van der Waals surface area contributed by atoms with Gasteiger partial charge in [-0.3, -0.25) is 4.99 Å². The van der Waals surface area contributed by atoms with Gasteiger partial charge in [0.1, 0.15) is 0 Å². The van der Waals surface area contributed by atoms with Gasteiger partial charge in [0, 0.05) is 37.7 Å². The van der Waals surface area contributed by atoms with Crippen molar-refractivity contribution in [3.05, 3.63) is 0 Å². The molecule has 0 amide bonds. The first-order valence-electron chi connectivity index (χ1n) is 6.38. The quantitative estimate of drug-likeness (QED) is 0.473. The Hall–Kier alpha value is -0.0300. The fourth-order valence-corrected chi connectivity index (χ4v) is 3.52. The Morgan fingerprint density at radius 2 is 2.41 bits per heavy atom. The molecule has 1 atom stereocenters. The summed E-state index contributed by atoms with van der Waals surface area (Å²) in [6, 6.07) is 0. The van der Waals surface area contributed by atoms with Crippen molar-refractivity contribution in [2.24, 2.45) is 4.99 Å². The molecule has 1 unspecified atom stereocenters. The highest BCUT2D eigenvalue weighted by Crippen LogP contribution is 2.20. The highest BCUT2D eigenvalue weighted by Gasteiger charge is 2.20. The van der Waals surface area contributed by atoms with Gasteiger partial charge < -0.3 is 10.2 Å². The molecular weight excluding hydrogens is 250 g/mol. The third-order valence-corrected chi connectivity index (χ3v) is 4.98. The normalized spacial score (nSPS) is 21.7. The number of thioether (sulfide) groups is 2. The molecule has 0 spiro atoms. The van der Waals surface area contributed by atoms with Gasteiger partial charge in [0.15, 0.2) is 5.96 Å². The van der Waals surface area contributed by atoms with Gasteiger partial charge in [0.05, 0.1) is 0 Å². The summed E-state index contributed by atoms with van der Waals surface area (Å²) >= 11 is 4.00. The number of aliphatic imine (C=N–C) groups is 1. The molecule has 1 heterocycles. The molecule has 0 aromatic rings. The minimum absolute atomic E-state index is 0.772. The maximum Gasteiger partial charge on any atom is 0.193 e. The summed E-state index contributed by atoms with van der Waals surface area (Å²) in [4.78, 5) is 6.80. The molecule has 17 heavy (non-hydrogen) atoms. The first kappa shape index (κ1) is 15.0. The number of hydrogen-bond acceptors (Lipinski definition) is 3. The summed E-state index contributed by atoms with van der Waals surface area (Å²) in [6.07, 6.45) is 4.62. The van der Waals surface area contributed by atoms with E-state index in [0.717, 1.165) is 30.8 Å². The molecule has 1 rings (SSSR count). The molecule has 3 nitrogen and oxygen atoms in total. The highest BCUT2D eigenvalue weighted by atomic mass is 32.2. The smallest absolute Gasteiger partial charge is 0.193 e. The lowest BCUT2D eigenvalue weighted by Gasteiger charge is -2.34. The minimum atomic E-state index is 0.772. The Morgan fingerprint density at radius 1 is 1.59 bits per heavy atom. The molecule has 100 valence electrons. The molecular formula is C12H25N3S2. The maximum atomic E-state index is 4.39. The predicted octanol–water partition coefficient (Wildman–Crippen LogP) is 2.14. The van der Waals surface area contributed by atoms with Gasteiger partial charge in [-0.2, -0.15) is 23.5 Å². The molecule has 1 fully saturated rings. The van der Waals surface area contributed by atoms with Crippen LogP contribution in [0.4, 0.5) is 0 Å². The third-order valence-electron chi connectivity index (χ3n) is 2.91. The largest absolute Gasteiger partial charge is 0.356 e. The zero-order valence-electron chi connectivity index (χ0n) is 11.2. The van der Waals surface area contributed by atoms with Crippen molar-refractivity contribution in [1.82, 2.24) is 10.2 Å². The van der Waals surface area contributed by atoms with Crippen molar-refractivity contribution in [1.29, 1.82) is 0 Å². The van der Waals surface area contributed by atoms with E-state index in [1.165, 1.54) is 24.3 Å². The van der Waals surface area contributed by atoms with Crippen molar-refractivity contribution in [2.45, 2.75) is 25.0 Å². The van der Waals surface area contributed by atoms with Crippen LogP contribution in [0.15, 0.2) is 4.99 Å². The zero-order valence-corrected chi connectivity index (χ0v) is 12.9. The summed E-state index contributed by atoms with van der Waals surface area (Å²) in [6.45, 7) is 5.58. The Kier molecular flexibility index (Phi) is 7.93. The van der Waals surface area contributed by atoms with Crippen molar-refractivity contribution in [3.63, 3.8) is 0 Å². The lowest BCUT2D eigenvalue weighted by molar-refractivity contribution is 0.408. The zero-order chi connectivity index (χ0) is 12.5. The van der Waals surface area contributed by atoms with Crippen LogP contribution in [0.2, 0.25) is 0 Å². The molecule has 0 saturated carbocycles. The van der Waals surface area contributed by atoms with Gasteiger partial charge >= 0.3 is 0 Å². The Balaban J connectivity index is 2.33. The number of nitrogens with one attached hydrogen (secondary N) is 1. The van der Waals surface area contributed by atoms with E-state index in [4.69, 9.17) is 0 Å².